The van der Waals surface area contributed by atoms with E-state index in [1.807, 2.05) is 60.1 Å². The van der Waals surface area contributed by atoms with Crippen LogP contribution in [0.25, 0.3) is 11.4 Å². The van der Waals surface area contributed by atoms with Crippen molar-refractivity contribution in [1.29, 1.82) is 0 Å². The SMILES string of the molecule is CC(=O)Nc1cccc(CSc2nnc(-c3ccccc3Cl)n2C)c1. The highest BCUT2D eigenvalue weighted by atomic mass is 35.5. The lowest BCUT2D eigenvalue weighted by molar-refractivity contribution is -0.114. The Hall–Kier alpha value is -2.31. The Bertz CT molecular complexity index is 910. The quantitative estimate of drug-likeness (QED) is 0.675. The van der Waals surface area contributed by atoms with Crippen LogP contribution in [-0.2, 0) is 17.6 Å². The topological polar surface area (TPSA) is 59.8 Å². The van der Waals surface area contributed by atoms with Crippen molar-refractivity contribution in [2.24, 2.45) is 7.05 Å². The van der Waals surface area contributed by atoms with Crippen molar-refractivity contribution in [2.75, 3.05) is 5.32 Å². The van der Waals surface area contributed by atoms with Crippen molar-refractivity contribution in [3.8, 4) is 11.4 Å². The molecule has 128 valence electrons. The van der Waals surface area contributed by atoms with E-state index in [1.54, 1.807) is 11.8 Å². The van der Waals surface area contributed by atoms with E-state index in [1.165, 1.54) is 6.92 Å². The fourth-order valence-electron chi connectivity index (χ4n) is 2.41. The third kappa shape index (κ3) is 4.21. The second-order valence-corrected chi connectivity index (χ2v) is 6.86. The molecule has 1 heterocycles. The first-order chi connectivity index (χ1) is 12.0. The first kappa shape index (κ1) is 17.5. The Morgan fingerprint density at radius 3 is 2.76 bits per heavy atom. The summed E-state index contributed by atoms with van der Waals surface area (Å²) in [6.07, 6.45) is 0. The number of rotatable bonds is 5. The van der Waals surface area contributed by atoms with Crippen molar-refractivity contribution >= 4 is 35.0 Å². The van der Waals surface area contributed by atoms with Gasteiger partial charge in [-0.3, -0.25) is 4.79 Å². The summed E-state index contributed by atoms with van der Waals surface area (Å²) >= 11 is 7.83. The Kier molecular flexibility index (Phi) is 5.40. The summed E-state index contributed by atoms with van der Waals surface area (Å²) in [4.78, 5) is 11.2. The molecule has 3 rings (SSSR count). The summed E-state index contributed by atoms with van der Waals surface area (Å²) in [7, 11) is 1.93. The fourth-order valence-corrected chi connectivity index (χ4v) is 3.48. The zero-order valence-electron chi connectivity index (χ0n) is 13.9. The number of hydrogen-bond acceptors (Lipinski definition) is 4. The highest BCUT2D eigenvalue weighted by Gasteiger charge is 2.13. The van der Waals surface area contributed by atoms with Gasteiger partial charge in [-0.15, -0.1) is 10.2 Å². The minimum atomic E-state index is -0.0810. The Labute approximate surface area is 155 Å². The molecule has 5 nitrogen and oxygen atoms in total. The first-order valence-electron chi connectivity index (χ1n) is 7.68. The van der Waals surface area contributed by atoms with Crippen molar-refractivity contribution in [3.05, 3.63) is 59.1 Å². The van der Waals surface area contributed by atoms with Crippen LogP contribution >= 0.6 is 23.4 Å². The van der Waals surface area contributed by atoms with E-state index in [0.29, 0.717) is 5.02 Å². The second kappa shape index (κ2) is 7.72. The van der Waals surface area contributed by atoms with Gasteiger partial charge in [-0.25, -0.2) is 0 Å². The molecule has 0 atom stereocenters. The Morgan fingerprint density at radius 1 is 1.20 bits per heavy atom. The number of hydrogen-bond donors (Lipinski definition) is 1. The van der Waals surface area contributed by atoms with E-state index in [2.05, 4.69) is 15.5 Å². The van der Waals surface area contributed by atoms with Gasteiger partial charge >= 0.3 is 0 Å². The molecule has 0 unspecified atom stereocenters. The number of thioether (sulfide) groups is 1. The molecular formula is C18H17ClN4OS. The van der Waals surface area contributed by atoms with Gasteiger partial charge in [0.2, 0.25) is 5.91 Å². The maximum atomic E-state index is 11.2. The van der Waals surface area contributed by atoms with Gasteiger partial charge in [0, 0.05) is 31.0 Å². The van der Waals surface area contributed by atoms with Crippen LogP contribution in [0, 0.1) is 0 Å². The van der Waals surface area contributed by atoms with Crippen molar-refractivity contribution in [3.63, 3.8) is 0 Å². The fraction of sp³-hybridized carbons (Fsp3) is 0.167. The number of nitrogens with one attached hydrogen (secondary N) is 1. The van der Waals surface area contributed by atoms with Gasteiger partial charge in [0.15, 0.2) is 11.0 Å². The number of amides is 1. The monoisotopic (exact) mass is 372 g/mol. The van der Waals surface area contributed by atoms with Crippen molar-refractivity contribution < 1.29 is 4.79 Å². The predicted octanol–water partition coefficient (Wildman–Crippen LogP) is 4.39. The highest BCUT2D eigenvalue weighted by Crippen LogP contribution is 2.29. The minimum Gasteiger partial charge on any atom is -0.326 e. The highest BCUT2D eigenvalue weighted by molar-refractivity contribution is 7.98. The minimum absolute atomic E-state index is 0.0810. The molecule has 0 spiro atoms. The normalized spacial score (nSPS) is 10.7. The standard InChI is InChI=1S/C18H17ClN4OS/c1-12(24)20-14-7-5-6-13(10-14)11-25-18-22-21-17(23(18)2)15-8-3-4-9-16(15)19/h3-10H,11H2,1-2H3,(H,20,24). The number of carbonyl (C=O) groups is 1. The second-order valence-electron chi connectivity index (χ2n) is 5.52. The van der Waals surface area contributed by atoms with Crippen LogP contribution in [0.2, 0.25) is 5.02 Å². The van der Waals surface area contributed by atoms with Crippen LogP contribution < -0.4 is 5.32 Å². The molecule has 0 saturated carbocycles. The molecule has 0 aliphatic carbocycles. The Balaban J connectivity index is 1.75. The molecule has 0 radical (unpaired) electrons. The molecule has 0 aliphatic heterocycles. The number of anilines is 1. The van der Waals surface area contributed by atoms with E-state index in [9.17, 15) is 4.79 Å². The van der Waals surface area contributed by atoms with E-state index >= 15 is 0 Å². The maximum absolute atomic E-state index is 11.2. The molecule has 25 heavy (non-hydrogen) atoms. The van der Waals surface area contributed by atoms with E-state index in [4.69, 9.17) is 11.6 Å². The van der Waals surface area contributed by atoms with Crippen LogP contribution in [0.3, 0.4) is 0 Å². The smallest absolute Gasteiger partial charge is 0.221 e. The molecule has 2 aromatic carbocycles. The van der Waals surface area contributed by atoms with Crippen LogP contribution in [0.4, 0.5) is 5.69 Å². The van der Waals surface area contributed by atoms with Gasteiger partial charge in [0.1, 0.15) is 0 Å². The first-order valence-corrected chi connectivity index (χ1v) is 9.04. The lowest BCUT2D eigenvalue weighted by atomic mass is 10.2. The van der Waals surface area contributed by atoms with E-state index in [0.717, 1.165) is 33.5 Å². The summed E-state index contributed by atoms with van der Waals surface area (Å²) in [6, 6.07) is 15.4. The van der Waals surface area contributed by atoms with Crippen LogP contribution in [0.15, 0.2) is 53.7 Å². The van der Waals surface area contributed by atoms with Gasteiger partial charge in [-0.05, 0) is 29.8 Å². The third-order valence-corrected chi connectivity index (χ3v) is 4.99. The molecular weight excluding hydrogens is 356 g/mol. The molecule has 0 saturated heterocycles. The lowest BCUT2D eigenvalue weighted by Crippen LogP contribution is -2.05. The van der Waals surface area contributed by atoms with Gasteiger partial charge in [-0.1, -0.05) is 47.6 Å². The summed E-state index contributed by atoms with van der Waals surface area (Å²) in [5.41, 5.74) is 2.75. The number of aromatic nitrogens is 3. The average molecular weight is 373 g/mol. The lowest BCUT2D eigenvalue weighted by Gasteiger charge is -2.07. The van der Waals surface area contributed by atoms with Crippen LogP contribution in [0.1, 0.15) is 12.5 Å². The number of halogens is 1. The molecule has 0 fully saturated rings. The van der Waals surface area contributed by atoms with Gasteiger partial charge in [-0.2, -0.15) is 0 Å². The summed E-state index contributed by atoms with van der Waals surface area (Å²) in [6.45, 7) is 1.50. The summed E-state index contributed by atoms with van der Waals surface area (Å²) in [5, 5.41) is 12.8. The average Bonchev–Trinajstić information content (AvgIpc) is 2.94. The largest absolute Gasteiger partial charge is 0.326 e. The maximum Gasteiger partial charge on any atom is 0.221 e. The number of nitrogens with zero attached hydrogens (tertiary/aromatic N) is 3. The van der Waals surface area contributed by atoms with E-state index in [-0.39, 0.29) is 5.91 Å². The van der Waals surface area contributed by atoms with Crippen LogP contribution in [-0.4, -0.2) is 20.7 Å². The zero-order valence-corrected chi connectivity index (χ0v) is 15.4. The van der Waals surface area contributed by atoms with E-state index < -0.39 is 0 Å². The molecule has 3 aromatic rings. The molecule has 1 N–H and O–H groups in total. The molecule has 7 heteroatoms. The third-order valence-electron chi connectivity index (χ3n) is 3.56. The number of carbonyl (C=O) groups excluding carboxylic acids is 1. The zero-order chi connectivity index (χ0) is 17.8. The molecule has 1 amide bonds. The Morgan fingerprint density at radius 2 is 2.00 bits per heavy atom. The van der Waals surface area contributed by atoms with Crippen molar-refractivity contribution in [1.82, 2.24) is 14.8 Å². The van der Waals surface area contributed by atoms with Crippen LogP contribution in [0.5, 0.6) is 0 Å². The summed E-state index contributed by atoms with van der Waals surface area (Å²) < 4.78 is 1.93. The molecule has 1 aromatic heterocycles. The molecule has 0 aliphatic rings. The molecule has 0 bridgehead atoms. The van der Waals surface area contributed by atoms with Crippen molar-refractivity contribution in [2.45, 2.75) is 17.8 Å². The van der Waals surface area contributed by atoms with Gasteiger partial charge in [0.25, 0.3) is 0 Å². The predicted molar refractivity (Wildman–Crippen MR) is 102 cm³/mol. The van der Waals surface area contributed by atoms with Gasteiger partial charge < -0.3 is 9.88 Å². The number of benzene rings is 2. The summed E-state index contributed by atoms with van der Waals surface area (Å²) in [5.74, 6) is 1.38. The van der Waals surface area contributed by atoms with Gasteiger partial charge in [0.05, 0.1) is 5.02 Å².